The van der Waals surface area contributed by atoms with E-state index in [0.717, 1.165) is 26.5 Å². The predicted octanol–water partition coefficient (Wildman–Crippen LogP) is 4.47. The zero-order valence-electron chi connectivity index (χ0n) is 14.2. The summed E-state index contributed by atoms with van der Waals surface area (Å²) in [6, 6.07) is 8.67. The molecule has 1 heterocycles. The van der Waals surface area contributed by atoms with E-state index in [1.165, 1.54) is 0 Å². The predicted molar refractivity (Wildman–Crippen MR) is 104 cm³/mol. The number of fused-ring (bicyclic) bond motifs is 1. The molecule has 3 aromatic rings. The molecule has 0 aliphatic heterocycles. The molecule has 5 nitrogen and oxygen atoms in total. The van der Waals surface area contributed by atoms with Crippen LogP contribution in [0.25, 0.3) is 11.0 Å². The first-order valence-corrected chi connectivity index (χ1v) is 9.04. The van der Waals surface area contributed by atoms with Crippen LogP contribution in [0.5, 0.6) is 0 Å². The molecule has 0 aliphatic rings. The number of benzene rings is 2. The van der Waals surface area contributed by atoms with Crippen molar-refractivity contribution in [2.24, 2.45) is 0 Å². The number of amides is 2. The van der Waals surface area contributed by atoms with E-state index in [-0.39, 0.29) is 12.3 Å². The summed E-state index contributed by atoms with van der Waals surface area (Å²) in [6.45, 7) is 3.80. The van der Waals surface area contributed by atoms with Gasteiger partial charge in [0.05, 0.1) is 12.7 Å². The number of hydrogen-bond acceptors (Lipinski definition) is 3. The highest BCUT2D eigenvalue weighted by Crippen LogP contribution is 2.32. The molecule has 0 bridgehead atoms. The fourth-order valence-corrected chi connectivity index (χ4v) is 3.17. The van der Waals surface area contributed by atoms with Gasteiger partial charge in [-0.1, -0.05) is 27.5 Å². The van der Waals surface area contributed by atoms with Crippen LogP contribution in [0.1, 0.15) is 27.0 Å². The van der Waals surface area contributed by atoms with E-state index in [4.69, 9.17) is 16.0 Å². The lowest BCUT2D eigenvalue weighted by atomic mass is 10.0. The first-order valence-electron chi connectivity index (χ1n) is 7.87. The van der Waals surface area contributed by atoms with Crippen molar-refractivity contribution in [2.75, 3.05) is 0 Å². The van der Waals surface area contributed by atoms with Crippen molar-refractivity contribution in [3.63, 3.8) is 0 Å². The van der Waals surface area contributed by atoms with Gasteiger partial charge in [-0.25, -0.2) is 0 Å². The lowest BCUT2D eigenvalue weighted by molar-refractivity contribution is -0.121. The van der Waals surface area contributed by atoms with Gasteiger partial charge in [0.1, 0.15) is 5.58 Å². The first-order chi connectivity index (χ1) is 12.4. The van der Waals surface area contributed by atoms with E-state index < -0.39 is 5.91 Å². The van der Waals surface area contributed by atoms with E-state index in [2.05, 4.69) is 26.8 Å². The van der Waals surface area contributed by atoms with Gasteiger partial charge in [-0.05, 0) is 55.3 Å². The number of halogens is 2. The standard InChI is InChI=1S/C19H16BrClN2O3/c1-10-7-15-17(11(2)18(10)21)13(9-26-15)8-16(24)22-23-19(25)12-3-5-14(20)6-4-12/h3-7,9H,8H2,1-2H3,(H,22,24)(H,23,25). The summed E-state index contributed by atoms with van der Waals surface area (Å²) >= 11 is 9.61. The van der Waals surface area contributed by atoms with Crippen LogP contribution in [-0.4, -0.2) is 11.8 Å². The lowest BCUT2D eigenvalue weighted by Gasteiger charge is -2.08. The second-order valence-electron chi connectivity index (χ2n) is 5.95. The van der Waals surface area contributed by atoms with Gasteiger partial charge in [0.2, 0.25) is 5.91 Å². The van der Waals surface area contributed by atoms with Crippen LogP contribution in [0.15, 0.2) is 45.5 Å². The van der Waals surface area contributed by atoms with E-state index in [0.29, 0.717) is 16.2 Å². The molecule has 0 atom stereocenters. The molecule has 1 aromatic heterocycles. The Hall–Kier alpha value is -2.31. The topological polar surface area (TPSA) is 71.3 Å². The van der Waals surface area contributed by atoms with Crippen molar-refractivity contribution < 1.29 is 14.0 Å². The molecule has 2 amide bonds. The molecule has 2 aromatic carbocycles. The fourth-order valence-electron chi connectivity index (χ4n) is 2.76. The van der Waals surface area contributed by atoms with Gasteiger partial charge in [0.25, 0.3) is 5.91 Å². The Labute approximate surface area is 163 Å². The highest BCUT2D eigenvalue weighted by atomic mass is 79.9. The van der Waals surface area contributed by atoms with Crippen molar-refractivity contribution in [2.45, 2.75) is 20.3 Å². The quantitative estimate of drug-likeness (QED) is 0.596. The van der Waals surface area contributed by atoms with Crippen LogP contribution in [0.4, 0.5) is 0 Å². The minimum absolute atomic E-state index is 0.0633. The van der Waals surface area contributed by atoms with Gasteiger partial charge >= 0.3 is 0 Å². The van der Waals surface area contributed by atoms with Gasteiger partial charge in [0, 0.05) is 26.0 Å². The third-order valence-electron chi connectivity index (χ3n) is 4.07. The number of aryl methyl sites for hydroxylation is 2. The molecule has 0 unspecified atom stereocenters. The van der Waals surface area contributed by atoms with Crippen molar-refractivity contribution in [1.82, 2.24) is 10.9 Å². The highest BCUT2D eigenvalue weighted by Gasteiger charge is 2.16. The molecule has 26 heavy (non-hydrogen) atoms. The summed E-state index contributed by atoms with van der Waals surface area (Å²) in [7, 11) is 0. The number of carbonyl (C=O) groups is 2. The Morgan fingerprint density at radius 2 is 1.85 bits per heavy atom. The Bertz CT molecular complexity index is 996. The number of carbonyl (C=O) groups excluding carboxylic acids is 2. The SMILES string of the molecule is Cc1cc2occ(CC(=O)NNC(=O)c3ccc(Br)cc3)c2c(C)c1Cl. The van der Waals surface area contributed by atoms with Gasteiger partial charge in [-0.15, -0.1) is 0 Å². The van der Waals surface area contributed by atoms with Gasteiger partial charge in [0.15, 0.2) is 0 Å². The van der Waals surface area contributed by atoms with E-state index in [1.807, 2.05) is 19.9 Å². The number of furan rings is 1. The molecular weight excluding hydrogens is 420 g/mol. The minimum atomic E-state index is -0.391. The molecule has 0 aliphatic carbocycles. The van der Waals surface area contributed by atoms with Crippen LogP contribution in [0, 0.1) is 13.8 Å². The maximum Gasteiger partial charge on any atom is 0.269 e. The smallest absolute Gasteiger partial charge is 0.269 e. The number of hydrazine groups is 1. The molecule has 0 saturated heterocycles. The van der Waals surface area contributed by atoms with Crippen molar-refractivity contribution in [1.29, 1.82) is 0 Å². The molecule has 0 radical (unpaired) electrons. The average Bonchev–Trinajstić information content (AvgIpc) is 3.00. The normalized spacial score (nSPS) is 10.8. The molecule has 7 heteroatoms. The second-order valence-corrected chi connectivity index (χ2v) is 7.25. The summed E-state index contributed by atoms with van der Waals surface area (Å²) in [5, 5.41) is 1.49. The molecule has 0 spiro atoms. The third-order valence-corrected chi connectivity index (χ3v) is 5.18. The minimum Gasteiger partial charge on any atom is -0.464 e. The fraction of sp³-hybridized carbons (Fsp3) is 0.158. The van der Waals surface area contributed by atoms with Crippen LogP contribution in [0.2, 0.25) is 5.02 Å². The zero-order valence-corrected chi connectivity index (χ0v) is 16.5. The molecule has 3 rings (SSSR count). The number of rotatable bonds is 3. The molecule has 0 saturated carbocycles. The first kappa shape index (κ1) is 18.5. The van der Waals surface area contributed by atoms with Gasteiger partial charge in [-0.3, -0.25) is 20.4 Å². The second kappa shape index (κ2) is 7.51. The summed E-state index contributed by atoms with van der Waals surface area (Å²) in [4.78, 5) is 24.2. The number of hydrogen-bond donors (Lipinski definition) is 2. The maximum atomic E-state index is 12.2. The number of nitrogens with one attached hydrogen (secondary N) is 2. The molecule has 134 valence electrons. The monoisotopic (exact) mass is 434 g/mol. The van der Waals surface area contributed by atoms with Crippen LogP contribution in [-0.2, 0) is 11.2 Å². The largest absolute Gasteiger partial charge is 0.464 e. The van der Waals surface area contributed by atoms with E-state index >= 15 is 0 Å². The van der Waals surface area contributed by atoms with E-state index in [1.54, 1.807) is 30.5 Å². The summed E-state index contributed by atoms with van der Waals surface area (Å²) in [5.41, 5.74) is 8.46. The Kier molecular flexibility index (Phi) is 5.34. The highest BCUT2D eigenvalue weighted by molar-refractivity contribution is 9.10. The average molecular weight is 436 g/mol. The Balaban J connectivity index is 1.69. The van der Waals surface area contributed by atoms with E-state index in [9.17, 15) is 9.59 Å². The van der Waals surface area contributed by atoms with Gasteiger partial charge in [-0.2, -0.15) is 0 Å². The summed E-state index contributed by atoms with van der Waals surface area (Å²) in [5.74, 6) is -0.744. The zero-order chi connectivity index (χ0) is 18.8. The lowest BCUT2D eigenvalue weighted by Crippen LogP contribution is -2.42. The molecule has 2 N–H and O–H groups in total. The van der Waals surface area contributed by atoms with Crippen LogP contribution >= 0.6 is 27.5 Å². The van der Waals surface area contributed by atoms with Crippen LogP contribution < -0.4 is 10.9 Å². The Morgan fingerprint density at radius 3 is 2.54 bits per heavy atom. The maximum absolute atomic E-state index is 12.2. The van der Waals surface area contributed by atoms with Crippen molar-refractivity contribution in [3.8, 4) is 0 Å². The van der Waals surface area contributed by atoms with Crippen molar-refractivity contribution in [3.05, 3.63) is 68.3 Å². The Morgan fingerprint density at radius 1 is 1.15 bits per heavy atom. The molecular formula is C19H16BrClN2O3. The summed E-state index contributed by atoms with van der Waals surface area (Å²) in [6.07, 6.45) is 1.61. The van der Waals surface area contributed by atoms with Crippen molar-refractivity contribution >= 4 is 50.3 Å². The third kappa shape index (κ3) is 3.76. The van der Waals surface area contributed by atoms with Crippen LogP contribution in [0.3, 0.4) is 0 Å². The molecule has 0 fully saturated rings. The summed E-state index contributed by atoms with van der Waals surface area (Å²) < 4.78 is 6.41. The van der Waals surface area contributed by atoms with Gasteiger partial charge < -0.3 is 4.42 Å².